The maximum atomic E-state index is 11.9. The lowest BCUT2D eigenvalue weighted by Gasteiger charge is -2.16. The molecule has 0 unspecified atom stereocenters. The van der Waals surface area contributed by atoms with Gasteiger partial charge >= 0.3 is 6.03 Å². The van der Waals surface area contributed by atoms with Gasteiger partial charge < -0.3 is 26.8 Å². The molecule has 2 aliphatic rings. The predicted molar refractivity (Wildman–Crippen MR) is 95.1 cm³/mol. The zero-order valence-corrected chi connectivity index (χ0v) is 14.1. The van der Waals surface area contributed by atoms with Crippen LogP contribution in [0, 0.1) is 0 Å². The second-order valence-corrected chi connectivity index (χ2v) is 7.46. The minimum atomic E-state index is -0.122. The van der Waals surface area contributed by atoms with Crippen molar-refractivity contribution in [1.29, 1.82) is 0 Å². The Bertz CT molecular complexity index is 640. The molecular formula is C16H22N4O3S. The molecule has 0 saturated carbocycles. The first-order chi connectivity index (χ1) is 11.5. The zero-order valence-electron chi connectivity index (χ0n) is 13.2. The number of hydrogen-bond acceptors (Lipinski definition) is 5. The topological polar surface area (TPSA) is 116 Å². The number of fused-ring (bicyclic) bond motifs is 1. The van der Waals surface area contributed by atoms with Crippen molar-refractivity contribution < 1.29 is 14.7 Å². The number of nitrogens with one attached hydrogen (secondary N) is 3. The number of amides is 3. The molecule has 1 aromatic carbocycles. The Hall–Kier alpha value is -2.09. The van der Waals surface area contributed by atoms with Gasteiger partial charge in [-0.2, -0.15) is 11.8 Å². The van der Waals surface area contributed by atoms with Gasteiger partial charge in [-0.1, -0.05) is 6.42 Å². The van der Waals surface area contributed by atoms with Gasteiger partial charge in [-0.15, -0.1) is 0 Å². The zero-order chi connectivity index (χ0) is 17.1. The number of nitrogen functional groups attached to an aromatic ring is 1. The molecule has 8 heteroatoms. The van der Waals surface area contributed by atoms with Gasteiger partial charge in [-0.3, -0.25) is 4.79 Å². The molecule has 2 heterocycles. The van der Waals surface area contributed by atoms with Crippen LogP contribution >= 0.6 is 11.8 Å². The molecular weight excluding hydrogens is 328 g/mol. The summed E-state index contributed by atoms with van der Waals surface area (Å²) in [6, 6.07) is 5.01. The summed E-state index contributed by atoms with van der Waals surface area (Å²) >= 11 is 1.88. The van der Waals surface area contributed by atoms with Crippen LogP contribution in [-0.2, 0) is 4.79 Å². The van der Waals surface area contributed by atoms with Gasteiger partial charge in [0.2, 0.25) is 5.91 Å². The van der Waals surface area contributed by atoms with E-state index in [2.05, 4.69) is 16.0 Å². The first-order valence-corrected chi connectivity index (χ1v) is 9.15. The first kappa shape index (κ1) is 16.8. The van der Waals surface area contributed by atoms with Crippen molar-refractivity contribution >= 4 is 35.1 Å². The lowest BCUT2D eigenvalue weighted by Crippen LogP contribution is -2.36. The number of carbonyl (C=O) groups is 2. The number of hydrogen-bond donors (Lipinski definition) is 5. The van der Waals surface area contributed by atoms with E-state index in [9.17, 15) is 14.7 Å². The normalized spacial score (nSPS) is 25.0. The minimum absolute atomic E-state index is 0.0266. The van der Waals surface area contributed by atoms with Crippen molar-refractivity contribution in [3.63, 3.8) is 0 Å². The summed E-state index contributed by atoms with van der Waals surface area (Å²) in [6.07, 6.45) is 3.09. The SMILES string of the molecule is Nc1ccc(NC(=O)CCCC[C@@H]2SC[C@H]3NC(=O)N[C@@H]23)c(O)c1. The van der Waals surface area contributed by atoms with Gasteiger partial charge in [-0.05, 0) is 25.0 Å². The summed E-state index contributed by atoms with van der Waals surface area (Å²) in [5.74, 6) is 0.800. The lowest BCUT2D eigenvalue weighted by molar-refractivity contribution is -0.116. The van der Waals surface area contributed by atoms with Crippen LogP contribution in [0.1, 0.15) is 25.7 Å². The van der Waals surface area contributed by atoms with E-state index >= 15 is 0 Å². The number of phenols is 1. The number of phenolic OH excluding ortho intramolecular Hbond substituents is 1. The maximum absolute atomic E-state index is 11.9. The standard InChI is InChI=1S/C16H22N4O3S/c17-9-5-6-10(12(21)7-9)18-14(22)4-2-1-3-13-15-11(8-24-13)19-16(23)20-15/h5-7,11,13,15,21H,1-4,8,17H2,(H,18,22)(H2,19,20,23)/t11-,13+,15-/m1/s1. The average molecular weight is 350 g/mol. The molecule has 6 N–H and O–H groups in total. The number of thioether (sulfide) groups is 1. The van der Waals surface area contributed by atoms with Gasteiger partial charge in [-0.25, -0.2) is 4.79 Å². The molecule has 3 rings (SSSR count). The lowest BCUT2D eigenvalue weighted by atomic mass is 10.0. The van der Waals surface area contributed by atoms with Crippen molar-refractivity contribution in [3.05, 3.63) is 18.2 Å². The van der Waals surface area contributed by atoms with Crippen molar-refractivity contribution in [1.82, 2.24) is 10.6 Å². The number of anilines is 2. The highest BCUT2D eigenvalue weighted by Crippen LogP contribution is 2.33. The van der Waals surface area contributed by atoms with Gasteiger partial charge in [0.15, 0.2) is 0 Å². The molecule has 2 fully saturated rings. The van der Waals surface area contributed by atoms with E-state index in [0.29, 0.717) is 23.0 Å². The van der Waals surface area contributed by atoms with E-state index in [-0.39, 0.29) is 29.8 Å². The molecule has 0 aliphatic carbocycles. The van der Waals surface area contributed by atoms with Crippen LogP contribution in [0.5, 0.6) is 5.75 Å². The maximum Gasteiger partial charge on any atom is 0.315 e. The Kier molecular flexibility index (Phi) is 5.03. The highest BCUT2D eigenvalue weighted by molar-refractivity contribution is 8.00. The van der Waals surface area contributed by atoms with Gasteiger partial charge in [0, 0.05) is 29.2 Å². The summed E-state index contributed by atoms with van der Waals surface area (Å²) in [7, 11) is 0. The van der Waals surface area contributed by atoms with Crippen LogP contribution in [-0.4, -0.2) is 40.1 Å². The van der Waals surface area contributed by atoms with Gasteiger partial charge in [0.05, 0.1) is 17.8 Å². The number of urea groups is 1. The van der Waals surface area contributed by atoms with Crippen molar-refractivity contribution in [2.24, 2.45) is 0 Å². The Labute approximate surface area is 144 Å². The van der Waals surface area contributed by atoms with Crippen molar-refractivity contribution in [2.75, 3.05) is 16.8 Å². The molecule has 0 bridgehead atoms. The third kappa shape index (κ3) is 3.87. The molecule has 1 aromatic rings. The van der Waals surface area contributed by atoms with Crippen LogP contribution in [0.3, 0.4) is 0 Å². The van der Waals surface area contributed by atoms with Crippen LogP contribution in [0.25, 0.3) is 0 Å². The largest absolute Gasteiger partial charge is 0.506 e. The monoisotopic (exact) mass is 350 g/mol. The smallest absolute Gasteiger partial charge is 0.315 e. The second-order valence-electron chi connectivity index (χ2n) is 6.19. The Morgan fingerprint density at radius 3 is 3.00 bits per heavy atom. The highest BCUT2D eigenvalue weighted by atomic mass is 32.2. The van der Waals surface area contributed by atoms with E-state index in [0.717, 1.165) is 25.0 Å². The number of unbranched alkanes of at least 4 members (excludes halogenated alkanes) is 1. The second kappa shape index (κ2) is 7.21. The fraction of sp³-hybridized carbons (Fsp3) is 0.500. The van der Waals surface area contributed by atoms with E-state index in [4.69, 9.17) is 5.73 Å². The molecule has 0 aromatic heterocycles. The predicted octanol–water partition coefficient (Wildman–Crippen LogP) is 1.64. The average Bonchev–Trinajstić information content (AvgIpc) is 3.06. The quantitative estimate of drug-likeness (QED) is 0.231. The molecule has 3 amide bonds. The molecule has 2 aliphatic heterocycles. The molecule has 0 radical (unpaired) electrons. The van der Waals surface area contributed by atoms with Crippen LogP contribution in [0.15, 0.2) is 18.2 Å². The summed E-state index contributed by atoms with van der Waals surface area (Å²) in [5.41, 5.74) is 6.38. The summed E-state index contributed by atoms with van der Waals surface area (Å²) in [6.45, 7) is 0. The van der Waals surface area contributed by atoms with E-state index in [1.807, 2.05) is 11.8 Å². The molecule has 0 spiro atoms. The fourth-order valence-electron chi connectivity index (χ4n) is 3.14. The number of aromatic hydroxyl groups is 1. The van der Waals surface area contributed by atoms with Crippen molar-refractivity contribution in [2.45, 2.75) is 43.0 Å². The molecule has 3 atom stereocenters. The highest BCUT2D eigenvalue weighted by Gasteiger charge is 2.42. The third-order valence-electron chi connectivity index (χ3n) is 4.38. The third-order valence-corrected chi connectivity index (χ3v) is 5.89. The van der Waals surface area contributed by atoms with E-state index < -0.39 is 0 Å². The minimum Gasteiger partial charge on any atom is -0.506 e. The Balaban J connectivity index is 1.37. The Morgan fingerprint density at radius 2 is 2.21 bits per heavy atom. The summed E-state index contributed by atoms with van der Waals surface area (Å²) in [5, 5.41) is 18.7. The molecule has 24 heavy (non-hydrogen) atoms. The number of benzene rings is 1. The number of rotatable bonds is 6. The summed E-state index contributed by atoms with van der Waals surface area (Å²) in [4.78, 5) is 23.3. The van der Waals surface area contributed by atoms with Crippen LogP contribution in [0.4, 0.5) is 16.2 Å². The van der Waals surface area contributed by atoms with Crippen LogP contribution in [0.2, 0.25) is 0 Å². The number of nitrogens with two attached hydrogens (primary N) is 1. The fourth-order valence-corrected chi connectivity index (χ4v) is 4.68. The van der Waals surface area contributed by atoms with Crippen LogP contribution < -0.4 is 21.7 Å². The van der Waals surface area contributed by atoms with E-state index in [1.165, 1.54) is 6.07 Å². The molecule has 2 saturated heterocycles. The Morgan fingerprint density at radius 1 is 1.38 bits per heavy atom. The number of carbonyl (C=O) groups excluding carboxylic acids is 2. The molecule has 7 nitrogen and oxygen atoms in total. The van der Waals surface area contributed by atoms with Gasteiger partial charge in [0.1, 0.15) is 5.75 Å². The van der Waals surface area contributed by atoms with E-state index in [1.54, 1.807) is 12.1 Å². The van der Waals surface area contributed by atoms with Crippen molar-refractivity contribution in [3.8, 4) is 5.75 Å². The van der Waals surface area contributed by atoms with Gasteiger partial charge in [0.25, 0.3) is 0 Å². The first-order valence-electron chi connectivity index (χ1n) is 8.10. The molecule has 130 valence electrons. The summed E-state index contributed by atoms with van der Waals surface area (Å²) < 4.78 is 0.